The number of ether oxygens (including phenoxy) is 6. The number of aliphatic hydroxyl groups excluding tert-OH is 1. The molecule has 0 radical (unpaired) electrons. The van der Waals surface area contributed by atoms with Crippen molar-refractivity contribution >= 4 is 17.7 Å². The van der Waals surface area contributed by atoms with E-state index in [0.29, 0.717) is 13.0 Å². The molecule has 0 spiro atoms. The summed E-state index contributed by atoms with van der Waals surface area (Å²) in [6, 6.07) is 15.8. The number of carbonyl (C=O) groups is 3. The fourth-order valence-corrected chi connectivity index (χ4v) is 8.93. The van der Waals surface area contributed by atoms with E-state index in [0.717, 1.165) is 5.56 Å². The van der Waals surface area contributed by atoms with Gasteiger partial charge in [-0.1, -0.05) is 76.2 Å². The number of benzene rings is 2. The third kappa shape index (κ3) is 10.9. The van der Waals surface area contributed by atoms with Crippen LogP contribution >= 0.6 is 0 Å². The second-order valence-corrected chi connectivity index (χ2v) is 17.0. The second kappa shape index (κ2) is 20.3. The van der Waals surface area contributed by atoms with E-state index in [1.165, 1.54) is 32.2 Å². The first-order valence-electron chi connectivity index (χ1n) is 20.5. The van der Waals surface area contributed by atoms with E-state index in [1.807, 2.05) is 32.2 Å². The van der Waals surface area contributed by atoms with Gasteiger partial charge in [0.15, 0.2) is 6.29 Å². The number of ketones is 1. The summed E-state index contributed by atoms with van der Waals surface area (Å²) < 4.78 is 52.9. The van der Waals surface area contributed by atoms with E-state index in [2.05, 4.69) is 17.0 Å². The normalized spacial score (nSPS) is 36.9. The van der Waals surface area contributed by atoms with Crippen LogP contribution in [0.2, 0.25) is 0 Å². The molecular formula is C45H66FNO11. The Balaban J connectivity index is 1.83. The fraction of sp³-hybridized carbons (Fsp3) is 0.667. The smallest absolute Gasteiger partial charge is 0.312 e. The largest absolute Gasteiger partial charge is 0.461 e. The van der Waals surface area contributed by atoms with Gasteiger partial charge in [0.1, 0.15) is 35.5 Å². The summed E-state index contributed by atoms with van der Waals surface area (Å²) in [6.07, 6.45) is -6.59. The van der Waals surface area contributed by atoms with Gasteiger partial charge >= 0.3 is 11.9 Å². The first kappa shape index (κ1) is 47.4. The van der Waals surface area contributed by atoms with Crippen molar-refractivity contribution in [2.45, 2.75) is 148 Å². The van der Waals surface area contributed by atoms with Gasteiger partial charge in [-0.2, -0.15) is 0 Å². The molecule has 0 bridgehead atoms. The Morgan fingerprint density at radius 1 is 0.966 bits per heavy atom. The average molecular weight is 816 g/mol. The van der Waals surface area contributed by atoms with Crippen LogP contribution in [-0.2, 0) is 55.8 Å². The Labute approximate surface area is 343 Å². The van der Waals surface area contributed by atoms with Crippen LogP contribution in [0.1, 0.15) is 85.8 Å². The molecule has 2 aromatic carbocycles. The predicted molar refractivity (Wildman–Crippen MR) is 215 cm³/mol. The highest BCUT2D eigenvalue weighted by Crippen LogP contribution is 2.40. The quantitative estimate of drug-likeness (QED) is 0.269. The molecule has 2 saturated heterocycles. The number of esters is 2. The number of halogens is 1. The van der Waals surface area contributed by atoms with Crippen molar-refractivity contribution in [1.29, 1.82) is 0 Å². The predicted octanol–water partition coefficient (Wildman–Crippen LogP) is 5.67. The number of carbonyl (C=O) groups excluding carboxylic acids is 3. The Hall–Kier alpha value is -3.30. The lowest BCUT2D eigenvalue weighted by Crippen LogP contribution is -2.61. The Bertz CT molecular complexity index is 1660. The molecule has 58 heavy (non-hydrogen) atoms. The topological polar surface area (TPSA) is 150 Å². The minimum atomic E-state index is -2.02. The third-order valence-electron chi connectivity index (χ3n) is 12.5. The van der Waals surface area contributed by atoms with Crippen LogP contribution in [0.15, 0.2) is 54.6 Å². The number of aliphatic hydroxyl groups is 2. The zero-order chi connectivity index (χ0) is 43.1. The SMILES string of the molecule is CC[C@H]1OC(=O)[C@H](C)[C@@H](OC(=O)Cc2ccccc2F)[C@H](C)[C@@H](OC2O[C@@H](C)C[C@@H](N(C)Cc3ccccc3)[C@@H]2OC)[C@](C)(OC)C[C@@H](C)C(=O)[C@@H](C)[C@@H](O)[C@]1(C)O. The molecule has 14 atom stereocenters. The van der Waals surface area contributed by atoms with Crippen LogP contribution in [0.5, 0.6) is 0 Å². The van der Waals surface area contributed by atoms with Crippen molar-refractivity contribution in [1.82, 2.24) is 4.90 Å². The van der Waals surface area contributed by atoms with Crippen molar-refractivity contribution in [3.8, 4) is 0 Å². The summed E-state index contributed by atoms with van der Waals surface area (Å²) >= 11 is 0. The maximum Gasteiger partial charge on any atom is 0.312 e. The molecule has 2 fully saturated rings. The maximum atomic E-state index is 14.8. The van der Waals surface area contributed by atoms with E-state index in [1.54, 1.807) is 54.7 Å². The molecule has 0 aromatic heterocycles. The van der Waals surface area contributed by atoms with E-state index in [9.17, 15) is 29.0 Å². The molecule has 2 N–H and O–H groups in total. The van der Waals surface area contributed by atoms with Crippen LogP contribution in [-0.4, -0.2) is 114 Å². The van der Waals surface area contributed by atoms with Crippen molar-refractivity contribution in [3.05, 3.63) is 71.5 Å². The summed E-state index contributed by atoms with van der Waals surface area (Å²) in [5.74, 6) is -6.36. The molecule has 12 nitrogen and oxygen atoms in total. The van der Waals surface area contributed by atoms with E-state index in [-0.39, 0.29) is 36.3 Å². The minimum Gasteiger partial charge on any atom is -0.461 e. The van der Waals surface area contributed by atoms with Crippen molar-refractivity contribution in [2.75, 3.05) is 21.3 Å². The molecule has 2 aliphatic rings. The van der Waals surface area contributed by atoms with Gasteiger partial charge in [-0.15, -0.1) is 0 Å². The molecule has 2 aromatic rings. The van der Waals surface area contributed by atoms with Crippen molar-refractivity contribution in [2.24, 2.45) is 23.7 Å². The van der Waals surface area contributed by atoms with E-state index in [4.69, 9.17) is 28.4 Å². The fourth-order valence-electron chi connectivity index (χ4n) is 8.93. The molecule has 2 aliphatic heterocycles. The molecule has 1 unspecified atom stereocenters. The van der Waals surface area contributed by atoms with Gasteiger partial charge in [-0.05, 0) is 71.2 Å². The van der Waals surface area contributed by atoms with Crippen LogP contribution in [0.4, 0.5) is 4.39 Å². The number of hydrogen-bond acceptors (Lipinski definition) is 12. The van der Waals surface area contributed by atoms with Gasteiger partial charge in [-0.25, -0.2) is 4.39 Å². The van der Waals surface area contributed by atoms with Gasteiger partial charge < -0.3 is 38.6 Å². The summed E-state index contributed by atoms with van der Waals surface area (Å²) in [5.41, 5.74) is -2.10. The standard InChI is InChI=1S/C45H66FNO11/c1-12-35-45(8,52)40(50)28(4)37(49)26(2)24-44(7,54-11)41(29(5)38(30(6)42(51)56-35)57-36(48)23-32-20-16-17-21-33(32)46)58-43-39(53-10)34(22-27(3)55-43)47(9)25-31-18-14-13-15-19-31/h13-21,26-30,34-35,38-41,43,50,52H,12,22-25H2,1-11H3/t26-,27+,28-,29+,30-,34-,35-,38+,39+,40-,41-,43?,44-,45-/m1/s1. The van der Waals surface area contributed by atoms with Gasteiger partial charge in [0.25, 0.3) is 0 Å². The van der Waals surface area contributed by atoms with E-state index >= 15 is 0 Å². The monoisotopic (exact) mass is 815 g/mol. The number of cyclic esters (lactones) is 1. The van der Waals surface area contributed by atoms with Crippen molar-refractivity contribution in [3.63, 3.8) is 0 Å². The lowest BCUT2D eigenvalue weighted by molar-refractivity contribution is -0.306. The highest BCUT2D eigenvalue weighted by atomic mass is 19.1. The highest BCUT2D eigenvalue weighted by Gasteiger charge is 2.53. The lowest BCUT2D eigenvalue weighted by Gasteiger charge is -2.49. The van der Waals surface area contributed by atoms with Crippen LogP contribution in [0.3, 0.4) is 0 Å². The molecule has 0 saturated carbocycles. The Morgan fingerprint density at radius 3 is 2.21 bits per heavy atom. The third-order valence-corrected chi connectivity index (χ3v) is 12.5. The number of likely N-dealkylation sites (N-methyl/N-ethyl adjacent to an activating group) is 1. The molecular weight excluding hydrogens is 749 g/mol. The Morgan fingerprint density at radius 2 is 1.60 bits per heavy atom. The number of nitrogens with zero attached hydrogens (tertiary/aromatic N) is 1. The molecule has 4 rings (SSSR count). The summed E-state index contributed by atoms with van der Waals surface area (Å²) in [7, 11) is 5.10. The first-order valence-corrected chi connectivity index (χ1v) is 20.5. The maximum absolute atomic E-state index is 14.8. The molecule has 0 amide bonds. The van der Waals surface area contributed by atoms with Crippen molar-refractivity contribution < 1.29 is 57.4 Å². The van der Waals surface area contributed by atoms with Crippen LogP contribution < -0.4 is 0 Å². The number of methoxy groups -OCH3 is 2. The lowest BCUT2D eigenvalue weighted by atomic mass is 9.74. The number of hydrogen-bond donors (Lipinski definition) is 2. The molecule has 2 heterocycles. The van der Waals surface area contributed by atoms with Crippen LogP contribution in [0.25, 0.3) is 0 Å². The van der Waals surface area contributed by atoms with Gasteiger partial charge in [-0.3, -0.25) is 19.3 Å². The summed E-state index contributed by atoms with van der Waals surface area (Å²) in [4.78, 5) is 44.2. The zero-order valence-electron chi connectivity index (χ0n) is 36.1. The van der Waals surface area contributed by atoms with Crippen LogP contribution in [0, 0.1) is 29.5 Å². The number of rotatable bonds is 11. The number of Topliss-reactive ketones (excluding diaryl/α,β-unsaturated/α-hetero) is 1. The molecule has 324 valence electrons. The zero-order valence-corrected chi connectivity index (χ0v) is 36.1. The second-order valence-electron chi connectivity index (χ2n) is 17.0. The summed E-state index contributed by atoms with van der Waals surface area (Å²) in [6.45, 7) is 14.0. The average Bonchev–Trinajstić information content (AvgIpc) is 3.19. The molecule has 0 aliphatic carbocycles. The van der Waals surface area contributed by atoms with Gasteiger partial charge in [0, 0.05) is 44.6 Å². The molecule has 13 heteroatoms. The highest BCUT2D eigenvalue weighted by molar-refractivity contribution is 5.83. The van der Waals surface area contributed by atoms with E-state index < -0.39 is 95.9 Å². The van der Waals surface area contributed by atoms with Gasteiger partial charge in [0.05, 0.1) is 36.3 Å². The summed E-state index contributed by atoms with van der Waals surface area (Å²) in [5, 5.41) is 23.1. The van der Waals surface area contributed by atoms with Gasteiger partial charge in [0.2, 0.25) is 0 Å². The minimum absolute atomic E-state index is 0.0692. The Kier molecular flexibility index (Phi) is 16.6. The first-order chi connectivity index (χ1) is 27.3.